The summed E-state index contributed by atoms with van der Waals surface area (Å²) in [7, 11) is -3.64. The predicted molar refractivity (Wildman–Crippen MR) is 104 cm³/mol. The molecule has 1 aliphatic heterocycles. The number of carbonyl (C=O) groups is 1. The molecule has 2 aromatic rings. The quantitative estimate of drug-likeness (QED) is 0.555. The Kier molecular flexibility index (Phi) is 5.69. The van der Waals surface area contributed by atoms with Crippen molar-refractivity contribution >= 4 is 33.2 Å². The SMILES string of the molecule is Cc1ccc(S(=O)(=O)N2CCN(C(=O)c3cc([N+](=O)[O-])ccc3Cl)CC2)cc1. The molecule has 3 rings (SSSR count). The molecule has 0 N–H and O–H groups in total. The molecule has 0 radical (unpaired) electrons. The van der Waals surface area contributed by atoms with Crippen molar-refractivity contribution in [3.8, 4) is 0 Å². The predicted octanol–water partition coefficient (Wildman–Crippen LogP) is 2.70. The molecular weight excluding hydrogens is 406 g/mol. The number of rotatable bonds is 4. The van der Waals surface area contributed by atoms with E-state index >= 15 is 0 Å². The Morgan fingerprint density at radius 1 is 1.07 bits per heavy atom. The number of benzene rings is 2. The Balaban J connectivity index is 1.73. The molecule has 0 aromatic heterocycles. The number of nitro groups is 1. The fraction of sp³-hybridized carbons (Fsp3) is 0.278. The summed E-state index contributed by atoms with van der Waals surface area (Å²) in [5.41, 5.74) is 0.766. The number of hydrogen-bond acceptors (Lipinski definition) is 5. The van der Waals surface area contributed by atoms with E-state index in [1.165, 1.54) is 21.3 Å². The van der Waals surface area contributed by atoms with Gasteiger partial charge in [0.15, 0.2) is 0 Å². The molecule has 0 aliphatic carbocycles. The van der Waals surface area contributed by atoms with Crippen molar-refractivity contribution in [1.82, 2.24) is 9.21 Å². The van der Waals surface area contributed by atoms with Gasteiger partial charge in [-0.1, -0.05) is 29.3 Å². The minimum absolute atomic E-state index is 0.0331. The third kappa shape index (κ3) is 4.01. The zero-order valence-corrected chi connectivity index (χ0v) is 16.6. The molecule has 0 spiro atoms. The van der Waals surface area contributed by atoms with Gasteiger partial charge in [0.25, 0.3) is 11.6 Å². The Labute approximate surface area is 167 Å². The molecule has 1 fully saturated rings. The zero-order chi connectivity index (χ0) is 20.5. The second-order valence-electron chi connectivity index (χ2n) is 6.43. The lowest BCUT2D eigenvalue weighted by molar-refractivity contribution is -0.384. The molecule has 0 saturated carbocycles. The van der Waals surface area contributed by atoms with Gasteiger partial charge in [0.1, 0.15) is 0 Å². The van der Waals surface area contributed by atoms with Gasteiger partial charge in [-0.3, -0.25) is 14.9 Å². The number of piperazine rings is 1. The number of halogens is 1. The van der Waals surface area contributed by atoms with Crippen molar-refractivity contribution in [1.29, 1.82) is 0 Å². The number of non-ortho nitro benzene ring substituents is 1. The monoisotopic (exact) mass is 423 g/mol. The number of carbonyl (C=O) groups excluding carboxylic acids is 1. The molecule has 148 valence electrons. The molecule has 10 heteroatoms. The van der Waals surface area contributed by atoms with Crippen LogP contribution in [0.2, 0.25) is 5.02 Å². The van der Waals surface area contributed by atoms with Crippen LogP contribution in [0.25, 0.3) is 0 Å². The standard InChI is InChI=1S/C18H18ClN3O5S/c1-13-2-5-15(6-3-13)28(26,27)21-10-8-20(9-11-21)18(23)16-12-14(22(24)25)4-7-17(16)19/h2-7,12H,8-11H2,1H3. The van der Waals surface area contributed by atoms with E-state index in [0.717, 1.165) is 11.6 Å². The van der Waals surface area contributed by atoms with Gasteiger partial charge in [-0.2, -0.15) is 4.31 Å². The van der Waals surface area contributed by atoms with Crippen LogP contribution in [0.1, 0.15) is 15.9 Å². The van der Waals surface area contributed by atoms with E-state index in [1.54, 1.807) is 24.3 Å². The maximum absolute atomic E-state index is 12.7. The third-order valence-corrected chi connectivity index (χ3v) is 6.82. The first-order chi connectivity index (χ1) is 13.2. The summed E-state index contributed by atoms with van der Waals surface area (Å²) in [6.45, 7) is 2.48. The first-order valence-electron chi connectivity index (χ1n) is 8.50. The summed E-state index contributed by atoms with van der Waals surface area (Å²) >= 11 is 6.03. The molecule has 0 atom stereocenters. The van der Waals surface area contributed by atoms with Crippen LogP contribution >= 0.6 is 11.6 Å². The van der Waals surface area contributed by atoms with Crippen molar-refractivity contribution in [3.05, 3.63) is 68.7 Å². The largest absolute Gasteiger partial charge is 0.336 e. The summed E-state index contributed by atoms with van der Waals surface area (Å²) in [6, 6.07) is 10.3. The minimum atomic E-state index is -3.64. The molecule has 1 saturated heterocycles. The lowest BCUT2D eigenvalue weighted by Crippen LogP contribution is -2.50. The maximum atomic E-state index is 12.7. The highest BCUT2D eigenvalue weighted by molar-refractivity contribution is 7.89. The highest BCUT2D eigenvalue weighted by atomic mass is 35.5. The third-order valence-electron chi connectivity index (χ3n) is 4.58. The zero-order valence-electron chi connectivity index (χ0n) is 15.0. The van der Waals surface area contributed by atoms with Gasteiger partial charge in [-0.25, -0.2) is 8.42 Å². The van der Waals surface area contributed by atoms with E-state index < -0.39 is 20.9 Å². The summed E-state index contributed by atoms with van der Waals surface area (Å²) in [5, 5.41) is 11.1. The lowest BCUT2D eigenvalue weighted by atomic mass is 10.1. The fourth-order valence-electron chi connectivity index (χ4n) is 2.95. The average molecular weight is 424 g/mol. The summed E-state index contributed by atoms with van der Waals surface area (Å²) < 4.78 is 26.8. The van der Waals surface area contributed by atoms with E-state index in [4.69, 9.17) is 11.6 Å². The Morgan fingerprint density at radius 2 is 1.68 bits per heavy atom. The lowest BCUT2D eigenvalue weighted by Gasteiger charge is -2.34. The molecule has 1 heterocycles. The Bertz CT molecular complexity index is 1020. The molecule has 28 heavy (non-hydrogen) atoms. The van der Waals surface area contributed by atoms with Gasteiger partial charge in [-0.15, -0.1) is 0 Å². The van der Waals surface area contributed by atoms with Crippen LogP contribution in [-0.2, 0) is 10.0 Å². The van der Waals surface area contributed by atoms with E-state index in [2.05, 4.69) is 0 Å². The second kappa shape index (κ2) is 7.86. The van der Waals surface area contributed by atoms with E-state index in [1.807, 2.05) is 6.92 Å². The van der Waals surface area contributed by atoms with Gasteiger partial charge in [-0.05, 0) is 25.1 Å². The summed E-state index contributed by atoms with van der Waals surface area (Å²) in [5.74, 6) is -0.457. The van der Waals surface area contributed by atoms with E-state index in [0.29, 0.717) is 0 Å². The second-order valence-corrected chi connectivity index (χ2v) is 8.78. The average Bonchev–Trinajstić information content (AvgIpc) is 2.68. The van der Waals surface area contributed by atoms with Crippen molar-refractivity contribution in [2.45, 2.75) is 11.8 Å². The summed E-state index contributed by atoms with van der Waals surface area (Å²) in [4.78, 5) is 24.7. The van der Waals surface area contributed by atoms with Gasteiger partial charge in [0.05, 0.1) is 20.4 Å². The van der Waals surface area contributed by atoms with E-state index in [-0.39, 0.29) is 47.3 Å². The normalized spacial score (nSPS) is 15.4. The first kappa shape index (κ1) is 20.2. The van der Waals surface area contributed by atoms with E-state index in [9.17, 15) is 23.3 Å². The number of aryl methyl sites for hydroxylation is 1. The van der Waals surface area contributed by atoms with Gasteiger partial charge in [0.2, 0.25) is 10.0 Å². The first-order valence-corrected chi connectivity index (χ1v) is 10.3. The molecule has 0 bridgehead atoms. The molecule has 2 aromatic carbocycles. The van der Waals surface area contributed by atoms with Gasteiger partial charge in [0, 0.05) is 38.3 Å². The maximum Gasteiger partial charge on any atom is 0.270 e. The van der Waals surface area contributed by atoms with Crippen LogP contribution in [0, 0.1) is 17.0 Å². The van der Waals surface area contributed by atoms with Crippen LogP contribution in [0.4, 0.5) is 5.69 Å². The summed E-state index contributed by atoms with van der Waals surface area (Å²) in [6.07, 6.45) is 0. The van der Waals surface area contributed by atoms with Gasteiger partial charge >= 0.3 is 0 Å². The topological polar surface area (TPSA) is 101 Å². The van der Waals surface area contributed by atoms with Crippen LogP contribution in [0.15, 0.2) is 47.4 Å². The number of sulfonamides is 1. The molecular formula is C18H18ClN3O5S. The Morgan fingerprint density at radius 3 is 2.25 bits per heavy atom. The smallest absolute Gasteiger partial charge is 0.270 e. The molecule has 1 aliphatic rings. The number of nitro benzene ring substituents is 1. The van der Waals surface area contributed by atoms with Crippen molar-refractivity contribution in [3.63, 3.8) is 0 Å². The van der Waals surface area contributed by atoms with Crippen LogP contribution in [0.5, 0.6) is 0 Å². The number of nitrogens with zero attached hydrogens (tertiary/aromatic N) is 3. The van der Waals surface area contributed by atoms with Crippen molar-refractivity contribution < 1.29 is 18.1 Å². The van der Waals surface area contributed by atoms with Crippen molar-refractivity contribution in [2.24, 2.45) is 0 Å². The number of amides is 1. The Hall–Kier alpha value is -2.49. The number of hydrogen-bond donors (Lipinski definition) is 0. The van der Waals surface area contributed by atoms with Gasteiger partial charge < -0.3 is 4.90 Å². The molecule has 0 unspecified atom stereocenters. The van der Waals surface area contributed by atoms with Crippen LogP contribution in [-0.4, -0.2) is 54.6 Å². The van der Waals surface area contributed by atoms with Crippen molar-refractivity contribution in [2.75, 3.05) is 26.2 Å². The van der Waals surface area contributed by atoms with Crippen LogP contribution < -0.4 is 0 Å². The van der Waals surface area contributed by atoms with Crippen LogP contribution in [0.3, 0.4) is 0 Å². The minimum Gasteiger partial charge on any atom is -0.336 e. The highest BCUT2D eigenvalue weighted by Crippen LogP contribution is 2.25. The molecule has 1 amide bonds. The fourth-order valence-corrected chi connectivity index (χ4v) is 4.57. The molecule has 8 nitrogen and oxygen atoms in total. The highest BCUT2D eigenvalue weighted by Gasteiger charge is 2.31.